The van der Waals surface area contributed by atoms with Crippen LogP contribution in [0.25, 0.3) is 0 Å². The lowest BCUT2D eigenvalue weighted by molar-refractivity contribution is 0.0852. The Labute approximate surface area is 123 Å². The molecule has 1 aromatic rings. The van der Waals surface area contributed by atoms with E-state index in [1.807, 2.05) is 0 Å². The molecule has 0 aromatic heterocycles. The van der Waals surface area contributed by atoms with E-state index in [4.69, 9.17) is 0 Å². The number of rotatable bonds is 4. The first-order valence-corrected chi connectivity index (χ1v) is 7.95. The van der Waals surface area contributed by atoms with E-state index < -0.39 is 0 Å². The number of aryl methyl sites for hydroxylation is 3. The van der Waals surface area contributed by atoms with Gasteiger partial charge in [0.25, 0.3) is 0 Å². The van der Waals surface area contributed by atoms with Gasteiger partial charge in [-0.2, -0.15) is 0 Å². The lowest BCUT2D eigenvalue weighted by atomic mass is 9.95. The monoisotopic (exact) mass is 275 g/mol. The number of aliphatic hydroxyl groups is 1. The summed E-state index contributed by atoms with van der Waals surface area (Å²) in [7, 11) is 0. The van der Waals surface area contributed by atoms with E-state index in [2.05, 4.69) is 51.7 Å². The Morgan fingerprint density at radius 2 is 1.80 bits per heavy atom. The van der Waals surface area contributed by atoms with Crippen LogP contribution in [0.2, 0.25) is 0 Å². The van der Waals surface area contributed by atoms with Crippen molar-refractivity contribution in [1.82, 2.24) is 4.90 Å². The van der Waals surface area contributed by atoms with Gasteiger partial charge in [-0.15, -0.1) is 0 Å². The lowest BCUT2D eigenvalue weighted by Crippen LogP contribution is -2.37. The zero-order valence-corrected chi connectivity index (χ0v) is 13.6. The van der Waals surface area contributed by atoms with E-state index in [1.54, 1.807) is 0 Å². The molecule has 112 valence electrons. The molecule has 0 radical (unpaired) electrons. The van der Waals surface area contributed by atoms with E-state index in [0.717, 1.165) is 12.1 Å². The van der Waals surface area contributed by atoms with Crippen LogP contribution >= 0.6 is 0 Å². The van der Waals surface area contributed by atoms with E-state index in [-0.39, 0.29) is 6.10 Å². The quantitative estimate of drug-likeness (QED) is 0.900. The Balaban J connectivity index is 2.18. The number of aliphatic hydroxyl groups excluding tert-OH is 1. The molecule has 0 aliphatic carbocycles. The number of likely N-dealkylation sites (tertiary alicyclic amines) is 1. The van der Waals surface area contributed by atoms with Crippen molar-refractivity contribution in [3.05, 3.63) is 34.4 Å². The van der Waals surface area contributed by atoms with Crippen molar-refractivity contribution in [3.8, 4) is 0 Å². The van der Waals surface area contributed by atoms with Crippen LogP contribution in [0, 0.1) is 20.8 Å². The van der Waals surface area contributed by atoms with E-state index in [1.165, 1.54) is 36.0 Å². The van der Waals surface area contributed by atoms with Crippen molar-refractivity contribution in [3.63, 3.8) is 0 Å². The van der Waals surface area contributed by atoms with Gasteiger partial charge >= 0.3 is 0 Å². The second kappa shape index (κ2) is 6.28. The minimum absolute atomic E-state index is 0.370. The molecule has 1 heterocycles. The predicted octanol–water partition coefficient (Wildman–Crippen LogP) is 3.91. The summed E-state index contributed by atoms with van der Waals surface area (Å²) >= 11 is 0. The molecule has 3 unspecified atom stereocenters. The summed E-state index contributed by atoms with van der Waals surface area (Å²) in [5.74, 6) is 0. The molecule has 1 saturated heterocycles. The van der Waals surface area contributed by atoms with Crippen molar-refractivity contribution in [2.75, 3.05) is 6.54 Å². The summed E-state index contributed by atoms with van der Waals surface area (Å²) in [6, 6.07) is 5.60. The second-order valence-corrected chi connectivity index (χ2v) is 6.51. The number of benzene rings is 1. The fourth-order valence-corrected chi connectivity index (χ4v) is 3.90. The average molecular weight is 275 g/mol. The maximum absolute atomic E-state index is 10.7. The smallest absolute Gasteiger partial charge is 0.0922 e. The summed E-state index contributed by atoms with van der Waals surface area (Å²) in [5.41, 5.74) is 4.84. The molecule has 1 aromatic carbocycles. The Morgan fingerprint density at radius 1 is 1.20 bits per heavy atom. The largest absolute Gasteiger partial charge is 0.387 e. The van der Waals surface area contributed by atoms with Gasteiger partial charge in [0, 0.05) is 18.6 Å². The SMILES string of the molecule is CCC1CCC(C)N1CC(O)c1c(C)cc(C)cc1C. The summed E-state index contributed by atoms with van der Waals surface area (Å²) in [4.78, 5) is 2.50. The summed E-state index contributed by atoms with van der Waals surface area (Å²) in [5, 5.41) is 10.7. The standard InChI is InChI=1S/C18H29NO/c1-6-16-8-7-15(5)19(16)11-17(20)18-13(3)9-12(2)10-14(18)4/h9-10,15-17,20H,6-8,11H2,1-5H3. The number of hydrogen-bond donors (Lipinski definition) is 1. The van der Waals surface area contributed by atoms with Crippen LogP contribution in [-0.2, 0) is 0 Å². The highest BCUT2D eigenvalue weighted by molar-refractivity contribution is 5.39. The first-order chi connectivity index (χ1) is 9.43. The molecule has 1 aliphatic heterocycles. The first-order valence-electron chi connectivity index (χ1n) is 7.95. The molecule has 2 nitrogen and oxygen atoms in total. The Kier molecular flexibility index (Phi) is 4.87. The highest BCUT2D eigenvalue weighted by Crippen LogP contribution is 2.30. The van der Waals surface area contributed by atoms with Crippen molar-refractivity contribution >= 4 is 0 Å². The maximum atomic E-state index is 10.7. The minimum atomic E-state index is -0.370. The van der Waals surface area contributed by atoms with Crippen molar-refractivity contribution < 1.29 is 5.11 Å². The number of β-amino-alcohol motifs (C(OH)–C–C–N with tert-alkyl or cyclic N) is 1. The molecule has 0 spiro atoms. The molecular formula is C18H29NO. The third-order valence-corrected chi connectivity index (χ3v) is 4.88. The fourth-order valence-electron chi connectivity index (χ4n) is 3.90. The molecule has 2 rings (SSSR count). The van der Waals surface area contributed by atoms with Gasteiger partial charge in [0.05, 0.1) is 6.10 Å². The van der Waals surface area contributed by atoms with E-state index >= 15 is 0 Å². The molecule has 2 heteroatoms. The Bertz CT molecular complexity index is 445. The van der Waals surface area contributed by atoms with Gasteiger partial charge in [0.2, 0.25) is 0 Å². The van der Waals surface area contributed by atoms with Crippen molar-refractivity contribution in [1.29, 1.82) is 0 Å². The molecule has 1 fully saturated rings. The molecule has 0 saturated carbocycles. The number of nitrogens with zero attached hydrogens (tertiary/aromatic N) is 1. The van der Waals surface area contributed by atoms with Crippen molar-refractivity contribution in [2.24, 2.45) is 0 Å². The third-order valence-electron chi connectivity index (χ3n) is 4.88. The van der Waals surface area contributed by atoms with Gasteiger partial charge in [-0.3, -0.25) is 4.90 Å². The van der Waals surface area contributed by atoms with Crippen LogP contribution in [0.5, 0.6) is 0 Å². The van der Waals surface area contributed by atoms with Gasteiger partial charge in [0.1, 0.15) is 0 Å². The van der Waals surface area contributed by atoms with Gasteiger partial charge in [-0.1, -0.05) is 24.6 Å². The molecule has 3 atom stereocenters. The lowest BCUT2D eigenvalue weighted by Gasteiger charge is -2.31. The van der Waals surface area contributed by atoms with Gasteiger partial charge in [-0.25, -0.2) is 0 Å². The Morgan fingerprint density at radius 3 is 2.35 bits per heavy atom. The molecule has 1 aliphatic rings. The van der Waals surface area contributed by atoms with Crippen LogP contribution in [0.1, 0.15) is 61.5 Å². The van der Waals surface area contributed by atoms with Crippen LogP contribution in [0.4, 0.5) is 0 Å². The normalized spacial score (nSPS) is 25.1. The van der Waals surface area contributed by atoms with Crippen LogP contribution in [-0.4, -0.2) is 28.6 Å². The highest BCUT2D eigenvalue weighted by Gasteiger charge is 2.31. The van der Waals surface area contributed by atoms with Crippen LogP contribution < -0.4 is 0 Å². The topological polar surface area (TPSA) is 23.5 Å². The number of hydrogen-bond acceptors (Lipinski definition) is 2. The molecule has 20 heavy (non-hydrogen) atoms. The minimum Gasteiger partial charge on any atom is -0.387 e. The first kappa shape index (κ1) is 15.5. The van der Waals surface area contributed by atoms with Gasteiger partial charge in [0.15, 0.2) is 0 Å². The third kappa shape index (κ3) is 3.07. The predicted molar refractivity (Wildman–Crippen MR) is 85.1 cm³/mol. The average Bonchev–Trinajstić information content (AvgIpc) is 2.69. The summed E-state index contributed by atoms with van der Waals surface area (Å²) < 4.78 is 0. The maximum Gasteiger partial charge on any atom is 0.0922 e. The molecule has 1 N–H and O–H groups in total. The van der Waals surface area contributed by atoms with Gasteiger partial charge in [-0.05, 0) is 63.6 Å². The fraction of sp³-hybridized carbons (Fsp3) is 0.667. The summed E-state index contributed by atoms with van der Waals surface area (Å²) in [6.45, 7) is 11.7. The second-order valence-electron chi connectivity index (χ2n) is 6.51. The van der Waals surface area contributed by atoms with Crippen LogP contribution in [0.15, 0.2) is 12.1 Å². The molecule has 0 bridgehead atoms. The molecule has 0 amide bonds. The van der Waals surface area contributed by atoms with Crippen LogP contribution in [0.3, 0.4) is 0 Å². The van der Waals surface area contributed by atoms with E-state index in [0.29, 0.717) is 12.1 Å². The molecular weight excluding hydrogens is 246 g/mol. The highest BCUT2D eigenvalue weighted by atomic mass is 16.3. The van der Waals surface area contributed by atoms with E-state index in [9.17, 15) is 5.11 Å². The zero-order valence-electron chi connectivity index (χ0n) is 13.6. The Hall–Kier alpha value is -0.860. The summed E-state index contributed by atoms with van der Waals surface area (Å²) in [6.07, 6.45) is 3.35. The van der Waals surface area contributed by atoms with Crippen molar-refractivity contribution in [2.45, 2.75) is 72.1 Å². The van der Waals surface area contributed by atoms with Gasteiger partial charge < -0.3 is 5.11 Å². The zero-order chi connectivity index (χ0) is 14.9.